The maximum Gasteiger partial charge on any atom is 0.159 e. The molecule has 0 bridgehead atoms. The molecule has 2 aromatic rings. The van der Waals surface area contributed by atoms with Crippen molar-refractivity contribution in [3.8, 4) is 11.1 Å². The predicted octanol–water partition coefficient (Wildman–Crippen LogP) is 4.27. The summed E-state index contributed by atoms with van der Waals surface area (Å²) in [5.41, 5.74) is 1.39. The highest BCUT2D eigenvalue weighted by atomic mass is 19.2. The second kappa shape index (κ2) is 6.09. The fraction of sp³-hybridized carbons (Fsp3) is 0.250. The molecule has 2 aromatic carbocycles. The summed E-state index contributed by atoms with van der Waals surface area (Å²) in [7, 11) is 0. The third-order valence-electron chi connectivity index (χ3n) is 2.98. The lowest BCUT2D eigenvalue weighted by Gasteiger charge is -2.10. The van der Waals surface area contributed by atoms with Crippen molar-refractivity contribution in [1.82, 2.24) is 5.32 Å². The SMILES string of the molecule is CC(C)NCc1ccc(-c2ccc(F)c(F)c2)c(F)c1. The summed E-state index contributed by atoms with van der Waals surface area (Å²) >= 11 is 0. The summed E-state index contributed by atoms with van der Waals surface area (Å²) < 4.78 is 40.1. The van der Waals surface area contributed by atoms with Gasteiger partial charge in [0.15, 0.2) is 11.6 Å². The van der Waals surface area contributed by atoms with Crippen LogP contribution in [0.15, 0.2) is 36.4 Å². The second-order valence-corrected chi connectivity index (χ2v) is 4.98. The highest BCUT2D eigenvalue weighted by Crippen LogP contribution is 2.25. The van der Waals surface area contributed by atoms with Crippen molar-refractivity contribution < 1.29 is 13.2 Å². The molecule has 0 spiro atoms. The number of rotatable bonds is 4. The van der Waals surface area contributed by atoms with Gasteiger partial charge in [-0.1, -0.05) is 32.0 Å². The van der Waals surface area contributed by atoms with E-state index >= 15 is 0 Å². The van der Waals surface area contributed by atoms with Crippen molar-refractivity contribution in [3.63, 3.8) is 0 Å². The van der Waals surface area contributed by atoms with Crippen LogP contribution in [0.4, 0.5) is 13.2 Å². The summed E-state index contributed by atoms with van der Waals surface area (Å²) in [4.78, 5) is 0. The van der Waals surface area contributed by atoms with Gasteiger partial charge in [0, 0.05) is 18.2 Å². The average molecular weight is 279 g/mol. The van der Waals surface area contributed by atoms with Gasteiger partial charge in [-0.2, -0.15) is 0 Å². The summed E-state index contributed by atoms with van der Waals surface area (Å²) in [5, 5.41) is 3.19. The maximum atomic E-state index is 14.0. The van der Waals surface area contributed by atoms with Gasteiger partial charge in [0.05, 0.1) is 0 Å². The molecule has 2 rings (SSSR count). The van der Waals surface area contributed by atoms with Crippen molar-refractivity contribution in [2.45, 2.75) is 26.4 Å². The maximum absolute atomic E-state index is 14.0. The molecule has 0 aliphatic rings. The van der Waals surface area contributed by atoms with Gasteiger partial charge in [-0.05, 0) is 29.3 Å². The Morgan fingerprint density at radius 2 is 1.65 bits per heavy atom. The van der Waals surface area contributed by atoms with Gasteiger partial charge >= 0.3 is 0 Å². The van der Waals surface area contributed by atoms with Crippen molar-refractivity contribution >= 4 is 0 Å². The number of halogens is 3. The molecule has 0 radical (unpaired) electrons. The predicted molar refractivity (Wildman–Crippen MR) is 73.7 cm³/mol. The molecule has 0 fully saturated rings. The minimum Gasteiger partial charge on any atom is -0.310 e. The first kappa shape index (κ1) is 14.6. The van der Waals surface area contributed by atoms with E-state index in [9.17, 15) is 13.2 Å². The highest BCUT2D eigenvalue weighted by Gasteiger charge is 2.09. The zero-order chi connectivity index (χ0) is 14.7. The first-order valence-corrected chi connectivity index (χ1v) is 6.44. The lowest BCUT2D eigenvalue weighted by molar-refractivity contribution is 0.509. The van der Waals surface area contributed by atoms with Crippen LogP contribution in [0, 0.1) is 17.5 Å². The fourth-order valence-electron chi connectivity index (χ4n) is 1.89. The first-order valence-electron chi connectivity index (χ1n) is 6.44. The quantitative estimate of drug-likeness (QED) is 0.881. The molecule has 1 N–H and O–H groups in total. The highest BCUT2D eigenvalue weighted by molar-refractivity contribution is 5.64. The Bertz CT molecular complexity index is 609. The van der Waals surface area contributed by atoms with Crippen LogP contribution in [0.25, 0.3) is 11.1 Å². The number of benzene rings is 2. The summed E-state index contributed by atoms with van der Waals surface area (Å²) in [5.74, 6) is -2.36. The van der Waals surface area contributed by atoms with Gasteiger partial charge in [0.2, 0.25) is 0 Å². The number of nitrogens with one attached hydrogen (secondary N) is 1. The van der Waals surface area contributed by atoms with Crippen LogP contribution in [0.3, 0.4) is 0 Å². The summed E-state index contributed by atoms with van der Waals surface area (Å²) in [6, 6.07) is 8.44. The Morgan fingerprint density at radius 3 is 2.25 bits per heavy atom. The molecule has 0 aliphatic heterocycles. The Labute approximate surface area is 116 Å². The molecule has 0 heterocycles. The van der Waals surface area contributed by atoms with Gasteiger partial charge < -0.3 is 5.32 Å². The minimum atomic E-state index is -0.979. The van der Waals surface area contributed by atoms with E-state index in [0.717, 1.165) is 17.7 Å². The largest absolute Gasteiger partial charge is 0.310 e. The Kier molecular flexibility index (Phi) is 4.45. The summed E-state index contributed by atoms with van der Waals surface area (Å²) in [6.07, 6.45) is 0. The van der Waals surface area contributed by atoms with Crippen LogP contribution in [-0.2, 0) is 6.54 Å². The van der Waals surface area contributed by atoms with Crippen LogP contribution in [0.2, 0.25) is 0 Å². The Balaban J connectivity index is 2.27. The molecule has 0 aromatic heterocycles. The minimum absolute atomic E-state index is 0.261. The fourth-order valence-corrected chi connectivity index (χ4v) is 1.89. The third-order valence-corrected chi connectivity index (χ3v) is 2.98. The van der Waals surface area contributed by atoms with Gasteiger partial charge in [-0.3, -0.25) is 0 Å². The van der Waals surface area contributed by atoms with Crippen LogP contribution < -0.4 is 5.32 Å². The molecule has 0 unspecified atom stereocenters. The lowest BCUT2D eigenvalue weighted by atomic mass is 10.0. The van der Waals surface area contributed by atoms with E-state index in [1.54, 1.807) is 12.1 Å². The van der Waals surface area contributed by atoms with Crippen molar-refractivity contribution in [2.24, 2.45) is 0 Å². The topological polar surface area (TPSA) is 12.0 Å². The molecule has 4 heteroatoms. The molecular weight excluding hydrogens is 263 g/mol. The molecule has 0 atom stereocenters. The standard InChI is InChI=1S/C16H16F3N/c1-10(2)20-9-11-3-5-13(15(18)7-11)12-4-6-14(17)16(19)8-12/h3-8,10,20H,9H2,1-2H3. The van der Waals surface area contributed by atoms with Gasteiger partial charge in [0.25, 0.3) is 0 Å². The third kappa shape index (κ3) is 3.39. The van der Waals surface area contributed by atoms with Crippen LogP contribution in [-0.4, -0.2) is 6.04 Å². The molecule has 0 saturated heterocycles. The monoisotopic (exact) mass is 279 g/mol. The molecule has 0 amide bonds. The molecule has 20 heavy (non-hydrogen) atoms. The molecular formula is C16H16F3N. The molecule has 106 valence electrons. The lowest BCUT2D eigenvalue weighted by Crippen LogP contribution is -2.21. The van der Waals surface area contributed by atoms with E-state index in [2.05, 4.69) is 5.32 Å². The Hall–Kier alpha value is -1.81. The van der Waals surface area contributed by atoms with Crippen LogP contribution in [0.1, 0.15) is 19.4 Å². The number of hydrogen-bond donors (Lipinski definition) is 1. The number of hydrogen-bond acceptors (Lipinski definition) is 1. The normalized spacial score (nSPS) is 11.1. The average Bonchev–Trinajstić information content (AvgIpc) is 2.40. The van der Waals surface area contributed by atoms with E-state index in [0.29, 0.717) is 18.2 Å². The van der Waals surface area contributed by atoms with E-state index in [4.69, 9.17) is 0 Å². The zero-order valence-corrected chi connectivity index (χ0v) is 11.4. The van der Waals surface area contributed by atoms with E-state index in [-0.39, 0.29) is 5.56 Å². The van der Waals surface area contributed by atoms with E-state index in [1.165, 1.54) is 12.1 Å². The van der Waals surface area contributed by atoms with Crippen LogP contribution >= 0.6 is 0 Å². The van der Waals surface area contributed by atoms with Crippen molar-refractivity contribution in [1.29, 1.82) is 0 Å². The van der Waals surface area contributed by atoms with E-state index in [1.807, 2.05) is 13.8 Å². The first-order chi connectivity index (χ1) is 9.47. The molecule has 1 nitrogen and oxygen atoms in total. The van der Waals surface area contributed by atoms with Crippen molar-refractivity contribution in [3.05, 3.63) is 59.4 Å². The van der Waals surface area contributed by atoms with Crippen LogP contribution in [0.5, 0.6) is 0 Å². The Morgan fingerprint density at radius 1 is 0.900 bits per heavy atom. The zero-order valence-electron chi connectivity index (χ0n) is 11.4. The van der Waals surface area contributed by atoms with Crippen molar-refractivity contribution in [2.75, 3.05) is 0 Å². The summed E-state index contributed by atoms with van der Waals surface area (Å²) in [6.45, 7) is 4.57. The smallest absolute Gasteiger partial charge is 0.159 e. The van der Waals surface area contributed by atoms with Gasteiger partial charge in [-0.25, -0.2) is 13.2 Å². The van der Waals surface area contributed by atoms with Gasteiger partial charge in [-0.15, -0.1) is 0 Å². The molecule has 0 aliphatic carbocycles. The van der Waals surface area contributed by atoms with Gasteiger partial charge in [0.1, 0.15) is 5.82 Å². The van der Waals surface area contributed by atoms with E-state index < -0.39 is 17.5 Å². The molecule has 0 saturated carbocycles. The second-order valence-electron chi connectivity index (χ2n) is 4.98.